The maximum Gasteiger partial charge on any atom is 0.260 e. The van der Waals surface area contributed by atoms with Crippen molar-refractivity contribution in [3.05, 3.63) is 103 Å². The number of hydrogen-bond acceptors (Lipinski definition) is 12. The summed E-state index contributed by atoms with van der Waals surface area (Å²) in [4.78, 5) is 72.8. The van der Waals surface area contributed by atoms with E-state index in [9.17, 15) is 19.2 Å². The molecule has 4 aliphatic heterocycles. The van der Waals surface area contributed by atoms with Crippen LogP contribution in [0.15, 0.2) is 91.5 Å². The number of nitrogens with zero attached hydrogens (tertiary/aromatic N) is 8. The molecule has 67 heavy (non-hydrogen) atoms. The number of carbonyl (C=O) groups excluding carboxylic acids is 4. The molecule has 3 aromatic carbocycles. The Morgan fingerprint density at radius 1 is 0.791 bits per heavy atom. The molecule has 5 aromatic rings. The molecule has 2 aromatic heterocycles. The van der Waals surface area contributed by atoms with E-state index in [2.05, 4.69) is 69.5 Å². The molecule has 348 valence electrons. The number of ether oxygens (including phenoxy) is 1. The molecule has 6 fully saturated rings. The zero-order valence-electron chi connectivity index (χ0n) is 37.9. The summed E-state index contributed by atoms with van der Waals surface area (Å²) >= 11 is 0. The first kappa shape index (κ1) is 43.2. The second kappa shape index (κ2) is 18.4. The molecule has 11 rings (SSSR count). The quantitative estimate of drug-likeness (QED) is 0.138. The minimum atomic E-state index is -0.336. The van der Waals surface area contributed by atoms with Crippen LogP contribution in [0.1, 0.15) is 74.5 Å². The van der Waals surface area contributed by atoms with Gasteiger partial charge in [-0.25, -0.2) is 15.0 Å². The first-order valence-corrected chi connectivity index (χ1v) is 24.2. The van der Waals surface area contributed by atoms with Crippen LogP contribution in [0.3, 0.4) is 0 Å². The standard InChI is InChI=1S/C51H59N11O5/c63-44-15-14-43(50(66)57-44)35-6-12-42(13-7-35)67-31-46(65)61-29-41(30-61)58-18-16-51(17-19-58)27-40(28-51)60-22-20-59(21-23-60)38-10-8-36(9-11-38)56-48-47-49(53-32-52-48)62(33-54-47)39-25-37(26-39)55-45(64)24-34-4-2-1-3-5-34/h1-13,32-33,37,39-41,43H,14-31H2,(H,55,64)(H,52,53,56)(H,57,63,66). The number of likely N-dealkylation sites (tertiary alicyclic amines) is 2. The van der Waals surface area contributed by atoms with Crippen LogP contribution in [-0.4, -0.2) is 135 Å². The molecular formula is C51H59N11O5. The number of nitrogens with one attached hydrogen (secondary N) is 3. The second-order valence-electron chi connectivity index (χ2n) is 19.7. The lowest BCUT2D eigenvalue weighted by Crippen LogP contribution is -2.65. The van der Waals surface area contributed by atoms with Gasteiger partial charge in [0.2, 0.25) is 17.7 Å². The maximum absolute atomic E-state index is 12.9. The van der Waals surface area contributed by atoms with Crippen LogP contribution in [0.4, 0.5) is 17.2 Å². The van der Waals surface area contributed by atoms with Gasteiger partial charge in [-0.15, -0.1) is 0 Å². The van der Waals surface area contributed by atoms with Gasteiger partial charge < -0.3 is 29.7 Å². The van der Waals surface area contributed by atoms with E-state index in [1.54, 1.807) is 18.5 Å². The topological polar surface area (TPSA) is 170 Å². The van der Waals surface area contributed by atoms with E-state index in [4.69, 9.17) is 9.72 Å². The number of fused-ring (bicyclic) bond motifs is 1. The third-order valence-corrected chi connectivity index (χ3v) is 15.6. The first-order chi connectivity index (χ1) is 32.7. The number of piperazine rings is 1. The molecule has 6 aliphatic rings. The summed E-state index contributed by atoms with van der Waals surface area (Å²) in [6, 6.07) is 27.2. The molecule has 1 unspecified atom stereocenters. The van der Waals surface area contributed by atoms with E-state index in [-0.39, 0.29) is 48.2 Å². The normalized spacial score (nSPS) is 23.6. The van der Waals surface area contributed by atoms with Gasteiger partial charge >= 0.3 is 0 Å². The van der Waals surface area contributed by atoms with Crippen LogP contribution in [0.2, 0.25) is 0 Å². The lowest BCUT2D eigenvalue weighted by molar-refractivity contribution is -0.142. The van der Waals surface area contributed by atoms with Crippen molar-refractivity contribution >= 4 is 52.0 Å². The van der Waals surface area contributed by atoms with E-state index < -0.39 is 0 Å². The van der Waals surface area contributed by atoms with Gasteiger partial charge in [0, 0.05) is 81.2 Å². The Bertz CT molecular complexity index is 2590. The van der Waals surface area contributed by atoms with Crippen LogP contribution in [0, 0.1) is 5.41 Å². The molecule has 16 heteroatoms. The molecule has 0 radical (unpaired) electrons. The maximum atomic E-state index is 12.9. The number of imide groups is 1. The van der Waals surface area contributed by atoms with Crippen molar-refractivity contribution in [3.8, 4) is 5.75 Å². The minimum absolute atomic E-state index is 0.00101. The summed E-state index contributed by atoms with van der Waals surface area (Å²) in [6.45, 7) is 7.94. The lowest BCUT2D eigenvalue weighted by atomic mass is 9.59. The van der Waals surface area contributed by atoms with Crippen LogP contribution >= 0.6 is 0 Å². The number of imidazole rings is 1. The van der Waals surface area contributed by atoms with E-state index >= 15 is 0 Å². The SMILES string of the molecule is O=C1CCC(c2ccc(OCC(=O)N3CC(N4CCC5(CC4)CC(N4CCN(c6ccc(Nc7ncnc8c7ncn8C7CC(NC(=O)Cc8ccccc8)C7)cc6)CC4)C5)C3)cc2)C(=O)N1. The molecular weight excluding hydrogens is 847 g/mol. The molecule has 1 spiro atoms. The Balaban J connectivity index is 0.579. The molecule has 2 saturated carbocycles. The fraction of sp³-hybridized carbons (Fsp3) is 0.471. The van der Waals surface area contributed by atoms with Crippen LogP contribution in [0.25, 0.3) is 11.2 Å². The Hall–Kier alpha value is -6.39. The van der Waals surface area contributed by atoms with Crippen molar-refractivity contribution in [1.82, 2.24) is 44.9 Å². The highest BCUT2D eigenvalue weighted by Gasteiger charge is 2.49. The second-order valence-corrected chi connectivity index (χ2v) is 19.7. The van der Waals surface area contributed by atoms with Gasteiger partial charge in [-0.05, 0) is 111 Å². The Kier molecular flexibility index (Phi) is 11.8. The highest BCUT2D eigenvalue weighted by atomic mass is 16.5. The number of rotatable bonds is 13. The van der Waals surface area contributed by atoms with Gasteiger partial charge in [0.05, 0.1) is 18.7 Å². The molecule has 2 aliphatic carbocycles. The lowest BCUT2D eigenvalue weighted by Gasteiger charge is -2.58. The zero-order chi connectivity index (χ0) is 45.5. The van der Waals surface area contributed by atoms with Crippen molar-refractivity contribution in [2.24, 2.45) is 5.41 Å². The Labute approximate surface area is 390 Å². The first-order valence-electron chi connectivity index (χ1n) is 24.2. The third kappa shape index (κ3) is 9.20. The molecule has 1 atom stereocenters. The predicted octanol–water partition coefficient (Wildman–Crippen LogP) is 4.81. The van der Waals surface area contributed by atoms with Crippen molar-refractivity contribution in [2.75, 3.05) is 69.2 Å². The van der Waals surface area contributed by atoms with E-state index in [0.29, 0.717) is 48.3 Å². The molecule has 4 amide bonds. The molecule has 6 heterocycles. The largest absolute Gasteiger partial charge is 0.484 e. The number of piperidine rings is 2. The van der Waals surface area contributed by atoms with Gasteiger partial charge in [0.25, 0.3) is 5.91 Å². The number of carbonyl (C=O) groups is 4. The van der Waals surface area contributed by atoms with Gasteiger partial charge in [0.1, 0.15) is 12.1 Å². The monoisotopic (exact) mass is 905 g/mol. The molecule has 16 nitrogen and oxygen atoms in total. The predicted molar refractivity (Wildman–Crippen MR) is 253 cm³/mol. The number of benzene rings is 3. The van der Waals surface area contributed by atoms with E-state index in [0.717, 1.165) is 93.2 Å². The zero-order valence-corrected chi connectivity index (χ0v) is 37.9. The van der Waals surface area contributed by atoms with Gasteiger partial charge in [0.15, 0.2) is 23.6 Å². The molecule has 3 N–H and O–H groups in total. The smallest absolute Gasteiger partial charge is 0.260 e. The Morgan fingerprint density at radius 2 is 1.52 bits per heavy atom. The fourth-order valence-corrected chi connectivity index (χ4v) is 11.3. The summed E-state index contributed by atoms with van der Waals surface area (Å²) < 4.78 is 7.92. The fourth-order valence-electron chi connectivity index (χ4n) is 11.3. The highest BCUT2D eigenvalue weighted by Crippen LogP contribution is 2.51. The summed E-state index contributed by atoms with van der Waals surface area (Å²) in [7, 11) is 0. The van der Waals surface area contributed by atoms with E-state index in [1.165, 1.54) is 31.4 Å². The van der Waals surface area contributed by atoms with Crippen LogP contribution in [0.5, 0.6) is 5.75 Å². The molecule has 4 saturated heterocycles. The van der Waals surface area contributed by atoms with Gasteiger partial charge in [-0.2, -0.15) is 0 Å². The number of amides is 4. The summed E-state index contributed by atoms with van der Waals surface area (Å²) in [5, 5.41) is 9.07. The van der Waals surface area contributed by atoms with Crippen LogP contribution < -0.4 is 25.6 Å². The van der Waals surface area contributed by atoms with E-state index in [1.807, 2.05) is 53.7 Å². The summed E-state index contributed by atoms with van der Waals surface area (Å²) in [6.07, 6.45) is 11.4. The van der Waals surface area contributed by atoms with Crippen molar-refractivity contribution in [2.45, 2.75) is 87.9 Å². The minimum Gasteiger partial charge on any atom is -0.484 e. The summed E-state index contributed by atoms with van der Waals surface area (Å²) in [5.41, 5.74) is 6.05. The van der Waals surface area contributed by atoms with Gasteiger partial charge in [-0.1, -0.05) is 42.5 Å². The van der Waals surface area contributed by atoms with Crippen molar-refractivity contribution in [1.29, 1.82) is 0 Å². The Morgan fingerprint density at radius 3 is 2.25 bits per heavy atom. The third-order valence-electron chi connectivity index (χ3n) is 15.6. The van der Waals surface area contributed by atoms with Crippen LogP contribution in [-0.2, 0) is 25.6 Å². The average molecular weight is 906 g/mol. The van der Waals surface area contributed by atoms with Crippen molar-refractivity contribution < 1.29 is 23.9 Å². The number of aromatic nitrogens is 4. The van der Waals surface area contributed by atoms with Crippen molar-refractivity contribution in [3.63, 3.8) is 0 Å². The molecule has 0 bridgehead atoms. The number of hydrogen-bond donors (Lipinski definition) is 3. The number of anilines is 3. The summed E-state index contributed by atoms with van der Waals surface area (Å²) in [5.74, 6) is 0.516. The average Bonchev–Trinajstić information content (AvgIpc) is 3.74. The highest BCUT2D eigenvalue weighted by molar-refractivity contribution is 6.01. The van der Waals surface area contributed by atoms with Gasteiger partial charge in [-0.3, -0.25) is 34.3 Å².